The van der Waals surface area contributed by atoms with Gasteiger partial charge in [0.25, 0.3) is 0 Å². The summed E-state index contributed by atoms with van der Waals surface area (Å²) in [7, 11) is 0. The van der Waals surface area contributed by atoms with Crippen molar-refractivity contribution in [3.05, 3.63) is 57.3 Å². The highest BCUT2D eigenvalue weighted by atomic mass is 79.9. The SMILES string of the molecule is Cc1ccc(C(CN)Nc2ccc(Cl)c(Br)c2)cn1. The Labute approximate surface area is 126 Å². The summed E-state index contributed by atoms with van der Waals surface area (Å²) in [6, 6.07) is 9.76. The molecule has 1 aromatic heterocycles. The maximum absolute atomic E-state index is 5.98. The highest BCUT2D eigenvalue weighted by Gasteiger charge is 2.10. The molecule has 1 aromatic carbocycles. The molecule has 0 aliphatic carbocycles. The van der Waals surface area contributed by atoms with Crippen molar-refractivity contribution >= 4 is 33.2 Å². The fraction of sp³-hybridized carbons (Fsp3) is 0.214. The predicted molar refractivity (Wildman–Crippen MR) is 83.5 cm³/mol. The molecule has 3 nitrogen and oxygen atoms in total. The van der Waals surface area contributed by atoms with Crippen LogP contribution < -0.4 is 11.1 Å². The summed E-state index contributed by atoms with van der Waals surface area (Å²) in [4.78, 5) is 4.30. The molecule has 19 heavy (non-hydrogen) atoms. The van der Waals surface area contributed by atoms with Gasteiger partial charge < -0.3 is 11.1 Å². The molecule has 0 fully saturated rings. The van der Waals surface area contributed by atoms with Crippen molar-refractivity contribution in [3.8, 4) is 0 Å². The van der Waals surface area contributed by atoms with E-state index in [2.05, 4.69) is 26.2 Å². The number of aromatic nitrogens is 1. The topological polar surface area (TPSA) is 50.9 Å². The van der Waals surface area contributed by atoms with Crippen molar-refractivity contribution in [2.45, 2.75) is 13.0 Å². The normalized spacial score (nSPS) is 12.2. The van der Waals surface area contributed by atoms with E-state index in [1.807, 2.05) is 43.5 Å². The third kappa shape index (κ3) is 3.69. The highest BCUT2D eigenvalue weighted by Crippen LogP contribution is 2.27. The number of halogens is 2. The zero-order valence-electron chi connectivity index (χ0n) is 10.5. The molecule has 0 bridgehead atoms. The Kier molecular flexibility index (Phi) is 4.80. The number of nitrogens with one attached hydrogen (secondary N) is 1. The number of anilines is 1. The number of hydrogen-bond donors (Lipinski definition) is 2. The summed E-state index contributed by atoms with van der Waals surface area (Å²) >= 11 is 9.38. The van der Waals surface area contributed by atoms with Crippen LogP contribution in [0.3, 0.4) is 0 Å². The predicted octanol–water partition coefficient (Wildman–Crippen LogP) is 3.92. The first-order valence-corrected chi connectivity index (χ1v) is 7.11. The Bertz CT molecular complexity index is 557. The Morgan fingerprint density at radius 2 is 2.16 bits per heavy atom. The van der Waals surface area contributed by atoms with Crippen LogP contribution in [0, 0.1) is 6.92 Å². The molecule has 1 heterocycles. The van der Waals surface area contributed by atoms with Crippen LogP contribution >= 0.6 is 27.5 Å². The van der Waals surface area contributed by atoms with Crippen LogP contribution in [0.25, 0.3) is 0 Å². The Hall–Kier alpha value is -1.10. The lowest BCUT2D eigenvalue weighted by atomic mass is 10.1. The first-order valence-electron chi connectivity index (χ1n) is 5.94. The van der Waals surface area contributed by atoms with Crippen LogP contribution in [0.2, 0.25) is 5.02 Å². The van der Waals surface area contributed by atoms with Crippen LogP contribution in [0.15, 0.2) is 41.0 Å². The van der Waals surface area contributed by atoms with E-state index in [-0.39, 0.29) is 6.04 Å². The van der Waals surface area contributed by atoms with Crippen LogP contribution in [0.4, 0.5) is 5.69 Å². The zero-order valence-corrected chi connectivity index (χ0v) is 12.9. The van der Waals surface area contributed by atoms with Crippen molar-refractivity contribution in [3.63, 3.8) is 0 Å². The number of nitrogens with zero attached hydrogens (tertiary/aromatic N) is 1. The summed E-state index contributed by atoms with van der Waals surface area (Å²) in [5, 5.41) is 4.07. The fourth-order valence-corrected chi connectivity index (χ4v) is 2.25. The van der Waals surface area contributed by atoms with Gasteiger partial charge in [-0.3, -0.25) is 4.98 Å². The van der Waals surface area contributed by atoms with E-state index in [4.69, 9.17) is 17.3 Å². The van der Waals surface area contributed by atoms with Gasteiger partial charge in [0.1, 0.15) is 0 Å². The lowest BCUT2D eigenvalue weighted by Crippen LogP contribution is -2.20. The second kappa shape index (κ2) is 6.37. The number of hydrogen-bond acceptors (Lipinski definition) is 3. The molecule has 1 unspecified atom stereocenters. The Balaban J connectivity index is 2.18. The number of nitrogens with two attached hydrogens (primary N) is 1. The summed E-state index contributed by atoms with van der Waals surface area (Å²) in [6.07, 6.45) is 1.85. The molecule has 5 heteroatoms. The summed E-state index contributed by atoms with van der Waals surface area (Å²) in [6.45, 7) is 2.45. The van der Waals surface area contributed by atoms with Gasteiger partial charge in [0.15, 0.2) is 0 Å². The number of rotatable bonds is 4. The molecular formula is C14H15BrClN3. The third-order valence-electron chi connectivity index (χ3n) is 2.83. The van der Waals surface area contributed by atoms with E-state index < -0.39 is 0 Å². The van der Waals surface area contributed by atoms with Gasteiger partial charge in [-0.2, -0.15) is 0 Å². The lowest BCUT2D eigenvalue weighted by Gasteiger charge is -2.18. The molecule has 0 aliphatic heterocycles. The molecule has 3 N–H and O–H groups in total. The second-order valence-electron chi connectivity index (χ2n) is 4.29. The van der Waals surface area contributed by atoms with E-state index in [0.717, 1.165) is 21.4 Å². The van der Waals surface area contributed by atoms with Crippen molar-refractivity contribution in [2.24, 2.45) is 5.73 Å². The molecule has 0 spiro atoms. The lowest BCUT2D eigenvalue weighted by molar-refractivity contribution is 0.783. The van der Waals surface area contributed by atoms with Gasteiger partial charge in [-0.25, -0.2) is 0 Å². The quantitative estimate of drug-likeness (QED) is 0.887. The van der Waals surface area contributed by atoms with Crippen molar-refractivity contribution in [1.82, 2.24) is 4.98 Å². The maximum atomic E-state index is 5.98. The van der Waals surface area contributed by atoms with Crippen LogP contribution in [-0.2, 0) is 0 Å². The largest absolute Gasteiger partial charge is 0.377 e. The van der Waals surface area contributed by atoms with E-state index in [0.29, 0.717) is 11.6 Å². The van der Waals surface area contributed by atoms with Crippen LogP contribution in [-0.4, -0.2) is 11.5 Å². The van der Waals surface area contributed by atoms with Crippen LogP contribution in [0.5, 0.6) is 0 Å². The number of benzene rings is 1. The molecule has 100 valence electrons. The van der Waals surface area contributed by atoms with E-state index in [1.165, 1.54) is 0 Å². The first-order chi connectivity index (χ1) is 9.10. The average Bonchev–Trinajstić information content (AvgIpc) is 2.41. The highest BCUT2D eigenvalue weighted by molar-refractivity contribution is 9.10. The molecule has 0 radical (unpaired) electrons. The van der Waals surface area contributed by atoms with Gasteiger partial charge in [0.2, 0.25) is 0 Å². The molecule has 0 amide bonds. The molecule has 0 saturated carbocycles. The first kappa shape index (κ1) is 14.3. The van der Waals surface area contributed by atoms with Crippen molar-refractivity contribution in [1.29, 1.82) is 0 Å². The number of pyridine rings is 1. The standard InChI is InChI=1S/C14H15BrClN3/c1-9-2-3-10(8-18-9)14(7-17)19-11-4-5-13(16)12(15)6-11/h2-6,8,14,19H,7,17H2,1H3. The van der Waals surface area contributed by atoms with Gasteiger partial charge in [-0.05, 0) is 52.7 Å². The van der Waals surface area contributed by atoms with Crippen LogP contribution in [0.1, 0.15) is 17.3 Å². The third-order valence-corrected chi connectivity index (χ3v) is 4.05. The van der Waals surface area contributed by atoms with Gasteiger partial charge in [-0.1, -0.05) is 17.7 Å². The van der Waals surface area contributed by atoms with E-state index >= 15 is 0 Å². The minimum Gasteiger partial charge on any atom is -0.377 e. The maximum Gasteiger partial charge on any atom is 0.0651 e. The van der Waals surface area contributed by atoms with Gasteiger partial charge in [-0.15, -0.1) is 0 Å². The fourth-order valence-electron chi connectivity index (χ4n) is 1.75. The van der Waals surface area contributed by atoms with Gasteiger partial charge >= 0.3 is 0 Å². The average molecular weight is 341 g/mol. The van der Waals surface area contributed by atoms with Gasteiger partial charge in [0.05, 0.1) is 11.1 Å². The molecule has 0 saturated heterocycles. The molecule has 2 rings (SSSR count). The minimum atomic E-state index is 0.0289. The van der Waals surface area contributed by atoms with Crippen molar-refractivity contribution in [2.75, 3.05) is 11.9 Å². The molecule has 0 aliphatic rings. The Morgan fingerprint density at radius 1 is 1.37 bits per heavy atom. The summed E-state index contributed by atoms with van der Waals surface area (Å²) in [5.41, 5.74) is 8.86. The van der Waals surface area contributed by atoms with Gasteiger partial charge in [0, 0.05) is 28.6 Å². The summed E-state index contributed by atoms with van der Waals surface area (Å²) < 4.78 is 0.858. The molecule has 1 atom stereocenters. The zero-order chi connectivity index (χ0) is 13.8. The second-order valence-corrected chi connectivity index (χ2v) is 5.56. The van der Waals surface area contributed by atoms with E-state index in [1.54, 1.807) is 0 Å². The number of aryl methyl sites for hydroxylation is 1. The smallest absolute Gasteiger partial charge is 0.0651 e. The van der Waals surface area contributed by atoms with Crippen molar-refractivity contribution < 1.29 is 0 Å². The molecular weight excluding hydrogens is 326 g/mol. The monoisotopic (exact) mass is 339 g/mol. The summed E-state index contributed by atoms with van der Waals surface area (Å²) in [5.74, 6) is 0. The minimum absolute atomic E-state index is 0.0289. The Morgan fingerprint density at radius 3 is 2.74 bits per heavy atom. The molecule has 2 aromatic rings. The van der Waals surface area contributed by atoms with E-state index in [9.17, 15) is 0 Å².